The first kappa shape index (κ1) is 28.5. The number of hydrogen-bond donors (Lipinski definition) is 6. The van der Waals surface area contributed by atoms with Crippen LogP contribution in [-0.4, -0.2) is 118 Å². The molecule has 1 aliphatic rings. The Morgan fingerprint density at radius 2 is 1.82 bits per heavy atom. The number of carbonyl (C=O) groups is 1. The van der Waals surface area contributed by atoms with Crippen LogP contribution in [0, 0.1) is 0 Å². The van der Waals surface area contributed by atoms with E-state index in [1.54, 1.807) is 4.68 Å². The highest BCUT2D eigenvalue weighted by molar-refractivity contribution is 5.76. The summed E-state index contributed by atoms with van der Waals surface area (Å²) in [7, 11) is 0. The van der Waals surface area contributed by atoms with Gasteiger partial charge in [0.25, 0.3) is 0 Å². The van der Waals surface area contributed by atoms with Gasteiger partial charge in [-0.05, 0) is 6.42 Å². The topological polar surface area (TPSA) is 180 Å². The molecule has 1 saturated heterocycles. The second-order valence-electron chi connectivity index (χ2n) is 8.14. The van der Waals surface area contributed by atoms with Crippen molar-refractivity contribution in [2.45, 2.75) is 69.9 Å². The second-order valence-corrected chi connectivity index (χ2v) is 8.14. The smallest absolute Gasteiger partial charge is 0.220 e. The third-order valence-corrected chi connectivity index (χ3v) is 5.33. The van der Waals surface area contributed by atoms with Crippen molar-refractivity contribution in [3.63, 3.8) is 0 Å². The van der Waals surface area contributed by atoms with Gasteiger partial charge < -0.3 is 45.3 Å². The molecule has 1 aromatic rings. The van der Waals surface area contributed by atoms with Crippen molar-refractivity contribution in [1.82, 2.24) is 25.6 Å². The van der Waals surface area contributed by atoms with E-state index in [0.717, 1.165) is 25.1 Å². The van der Waals surface area contributed by atoms with Gasteiger partial charge in [0.05, 0.1) is 32.1 Å². The molecule has 2 heterocycles. The summed E-state index contributed by atoms with van der Waals surface area (Å²) in [6.45, 7) is 5.56. The standard InChI is InChI=1S/C21H39N5O8/c1-2-3-8-26-14-15(24-25-26)4-5-17(27)23-7-10-33-12-11-32-9-6-22-13-16-18(28)19(29)20(30)21(31)34-16/h14,16,18-22,28-31H,2-13H2,1H3,(H,23,27)/t16?,18-,19-,20+,21?/m0/s1. The monoisotopic (exact) mass is 489 g/mol. The van der Waals surface area contributed by atoms with E-state index in [1.807, 2.05) is 6.20 Å². The van der Waals surface area contributed by atoms with Gasteiger partial charge in [0.2, 0.25) is 5.91 Å². The van der Waals surface area contributed by atoms with Crippen molar-refractivity contribution in [2.75, 3.05) is 46.1 Å². The zero-order valence-corrected chi connectivity index (χ0v) is 19.7. The molecule has 34 heavy (non-hydrogen) atoms. The average molecular weight is 490 g/mol. The van der Waals surface area contributed by atoms with Gasteiger partial charge in [-0.1, -0.05) is 18.6 Å². The van der Waals surface area contributed by atoms with Crippen LogP contribution in [0.15, 0.2) is 6.20 Å². The van der Waals surface area contributed by atoms with Crippen molar-refractivity contribution in [3.05, 3.63) is 11.9 Å². The number of unbranched alkanes of at least 4 members (excludes halogenated alkanes) is 1. The van der Waals surface area contributed by atoms with Crippen LogP contribution >= 0.6 is 0 Å². The summed E-state index contributed by atoms with van der Waals surface area (Å²) in [5.41, 5.74) is 0.811. The Kier molecular flexibility index (Phi) is 13.5. The summed E-state index contributed by atoms with van der Waals surface area (Å²) in [5.74, 6) is -0.0596. The second kappa shape index (κ2) is 16.1. The van der Waals surface area contributed by atoms with Crippen LogP contribution in [0.4, 0.5) is 0 Å². The first-order valence-corrected chi connectivity index (χ1v) is 11.8. The van der Waals surface area contributed by atoms with E-state index in [-0.39, 0.29) is 12.5 Å². The van der Waals surface area contributed by atoms with Gasteiger partial charge in [0, 0.05) is 45.2 Å². The first-order chi connectivity index (χ1) is 16.4. The molecule has 196 valence electrons. The average Bonchev–Trinajstić information content (AvgIpc) is 3.29. The van der Waals surface area contributed by atoms with Crippen molar-refractivity contribution in [3.8, 4) is 0 Å². The number of aliphatic hydroxyl groups is 4. The summed E-state index contributed by atoms with van der Waals surface area (Å²) < 4.78 is 17.7. The van der Waals surface area contributed by atoms with E-state index in [1.165, 1.54) is 0 Å². The Bertz CT molecular complexity index is 694. The molecule has 13 nitrogen and oxygen atoms in total. The molecule has 2 unspecified atom stereocenters. The lowest BCUT2D eigenvalue weighted by Gasteiger charge is -2.38. The fourth-order valence-electron chi connectivity index (χ4n) is 3.29. The predicted molar refractivity (Wildman–Crippen MR) is 120 cm³/mol. The number of aryl methyl sites for hydroxylation is 2. The summed E-state index contributed by atoms with van der Waals surface area (Å²) in [5, 5.41) is 52.3. The molecule has 1 aromatic heterocycles. The molecular weight excluding hydrogens is 450 g/mol. The van der Waals surface area contributed by atoms with E-state index < -0.39 is 30.7 Å². The van der Waals surface area contributed by atoms with Crippen molar-refractivity contribution < 1.29 is 39.4 Å². The van der Waals surface area contributed by atoms with Gasteiger partial charge >= 0.3 is 0 Å². The highest BCUT2D eigenvalue weighted by atomic mass is 16.6. The Labute approximate surface area is 199 Å². The highest BCUT2D eigenvalue weighted by Gasteiger charge is 2.42. The van der Waals surface area contributed by atoms with Crippen LogP contribution in [0.3, 0.4) is 0 Å². The molecule has 5 atom stereocenters. The molecule has 0 aromatic carbocycles. The van der Waals surface area contributed by atoms with Crippen LogP contribution in [0.5, 0.6) is 0 Å². The SMILES string of the molecule is CCCCn1cc(CCC(=O)NCCOCCOCCNCC2OC(O)[C@H](O)[C@@H](O)[C@H]2O)nn1. The maximum Gasteiger partial charge on any atom is 0.220 e. The van der Waals surface area contributed by atoms with Crippen LogP contribution in [0.25, 0.3) is 0 Å². The molecule has 13 heteroatoms. The van der Waals surface area contributed by atoms with Gasteiger partial charge in [-0.3, -0.25) is 9.48 Å². The van der Waals surface area contributed by atoms with Crippen molar-refractivity contribution in [2.24, 2.45) is 0 Å². The predicted octanol–water partition coefficient (Wildman–Crippen LogP) is -2.45. The van der Waals surface area contributed by atoms with Crippen molar-refractivity contribution in [1.29, 1.82) is 0 Å². The molecule has 6 N–H and O–H groups in total. The summed E-state index contributed by atoms with van der Waals surface area (Å²) in [6, 6.07) is 0. The van der Waals surface area contributed by atoms with Crippen molar-refractivity contribution >= 4 is 5.91 Å². The zero-order valence-electron chi connectivity index (χ0n) is 19.7. The summed E-state index contributed by atoms with van der Waals surface area (Å²) in [4.78, 5) is 11.9. The Balaban J connectivity index is 1.39. The van der Waals surface area contributed by atoms with E-state index >= 15 is 0 Å². The maximum atomic E-state index is 11.9. The minimum Gasteiger partial charge on any atom is -0.388 e. The van der Waals surface area contributed by atoms with Gasteiger partial charge in [0.1, 0.15) is 24.4 Å². The largest absolute Gasteiger partial charge is 0.388 e. The number of aliphatic hydroxyl groups excluding tert-OH is 4. The number of rotatable bonds is 17. The third-order valence-electron chi connectivity index (χ3n) is 5.33. The summed E-state index contributed by atoms with van der Waals surface area (Å²) >= 11 is 0. The number of hydrogen-bond acceptors (Lipinski definition) is 11. The van der Waals surface area contributed by atoms with E-state index in [0.29, 0.717) is 52.4 Å². The summed E-state index contributed by atoms with van der Waals surface area (Å²) in [6.07, 6.45) is -1.75. The Morgan fingerprint density at radius 3 is 2.56 bits per heavy atom. The normalized spacial score (nSPS) is 24.9. The molecule has 1 fully saturated rings. The molecule has 2 rings (SSSR count). The van der Waals surface area contributed by atoms with Crippen LogP contribution < -0.4 is 10.6 Å². The Morgan fingerprint density at radius 1 is 1.09 bits per heavy atom. The lowest BCUT2D eigenvalue weighted by atomic mass is 9.99. The van der Waals surface area contributed by atoms with Gasteiger partial charge in [-0.2, -0.15) is 0 Å². The van der Waals surface area contributed by atoms with Gasteiger partial charge in [-0.25, -0.2) is 0 Å². The fraction of sp³-hybridized carbons (Fsp3) is 0.857. The molecule has 0 spiro atoms. The molecule has 1 aliphatic heterocycles. The number of aromatic nitrogens is 3. The zero-order chi connectivity index (χ0) is 24.8. The molecule has 0 radical (unpaired) electrons. The van der Waals surface area contributed by atoms with E-state index in [2.05, 4.69) is 27.9 Å². The lowest BCUT2D eigenvalue weighted by Crippen LogP contribution is -2.59. The lowest BCUT2D eigenvalue weighted by molar-refractivity contribution is -0.280. The molecule has 0 saturated carbocycles. The Hall–Kier alpha value is -1.71. The quantitative estimate of drug-likeness (QED) is 0.128. The van der Waals surface area contributed by atoms with Crippen LogP contribution in [-0.2, 0) is 32.0 Å². The fourth-order valence-corrected chi connectivity index (χ4v) is 3.29. The number of amides is 1. The van der Waals surface area contributed by atoms with E-state index in [9.17, 15) is 25.2 Å². The van der Waals surface area contributed by atoms with E-state index in [4.69, 9.17) is 14.2 Å². The maximum absolute atomic E-state index is 11.9. The van der Waals surface area contributed by atoms with Crippen LogP contribution in [0.1, 0.15) is 31.9 Å². The molecule has 0 bridgehead atoms. The number of nitrogens with one attached hydrogen (secondary N) is 2. The molecule has 0 aliphatic carbocycles. The first-order valence-electron chi connectivity index (χ1n) is 11.8. The minimum atomic E-state index is -1.54. The minimum absolute atomic E-state index is 0.0596. The molecular formula is C21H39N5O8. The number of nitrogens with zero attached hydrogens (tertiary/aromatic N) is 3. The number of carbonyl (C=O) groups excluding carboxylic acids is 1. The van der Waals surface area contributed by atoms with Gasteiger partial charge in [0.15, 0.2) is 6.29 Å². The highest BCUT2D eigenvalue weighted by Crippen LogP contribution is 2.19. The molecule has 1 amide bonds. The van der Waals surface area contributed by atoms with Gasteiger partial charge in [-0.15, -0.1) is 5.10 Å². The third kappa shape index (κ3) is 10.3. The number of ether oxygens (including phenoxy) is 3. The van der Waals surface area contributed by atoms with Crippen LogP contribution in [0.2, 0.25) is 0 Å².